The monoisotopic (exact) mass is 362 g/mol. The summed E-state index contributed by atoms with van der Waals surface area (Å²) in [5.74, 6) is 0. The van der Waals surface area contributed by atoms with Crippen LogP contribution < -0.4 is 10.5 Å². The van der Waals surface area contributed by atoms with Crippen LogP contribution in [0.1, 0.15) is 25.7 Å². The summed E-state index contributed by atoms with van der Waals surface area (Å²) in [6.45, 7) is 0. The highest BCUT2D eigenvalue weighted by Crippen LogP contribution is 2.29. The van der Waals surface area contributed by atoms with Crippen molar-refractivity contribution >= 4 is 31.6 Å². The summed E-state index contributed by atoms with van der Waals surface area (Å²) in [6.07, 6.45) is 4.53. The summed E-state index contributed by atoms with van der Waals surface area (Å²) in [5.41, 5.74) is 0.887. The lowest BCUT2D eigenvalue weighted by atomic mass is 9.93. The van der Waals surface area contributed by atoms with E-state index in [4.69, 9.17) is 9.88 Å². The van der Waals surface area contributed by atoms with Gasteiger partial charge < -0.3 is 10.1 Å². The van der Waals surface area contributed by atoms with Gasteiger partial charge in [0.1, 0.15) is 0 Å². The summed E-state index contributed by atoms with van der Waals surface area (Å²) >= 11 is 3.38. The van der Waals surface area contributed by atoms with Crippen molar-refractivity contribution in [2.24, 2.45) is 5.14 Å². The largest absolute Gasteiger partial charge is 0.381 e. The zero-order valence-electron chi connectivity index (χ0n) is 11.3. The number of primary sulfonamides is 1. The fourth-order valence-electron chi connectivity index (χ4n) is 2.45. The first-order valence-electron chi connectivity index (χ1n) is 6.52. The third-order valence-electron chi connectivity index (χ3n) is 3.64. The molecule has 1 saturated carbocycles. The lowest BCUT2D eigenvalue weighted by Gasteiger charge is -2.29. The molecule has 3 N–H and O–H groups in total. The van der Waals surface area contributed by atoms with Crippen LogP contribution in [0, 0.1) is 0 Å². The highest BCUT2D eigenvalue weighted by atomic mass is 79.9. The van der Waals surface area contributed by atoms with Crippen molar-refractivity contribution in [1.82, 2.24) is 0 Å². The maximum absolute atomic E-state index is 11.3. The van der Waals surface area contributed by atoms with Gasteiger partial charge in [-0.3, -0.25) is 0 Å². The van der Waals surface area contributed by atoms with Crippen LogP contribution in [0.15, 0.2) is 27.6 Å². The first-order chi connectivity index (χ1) is 9.40. The lowest BCUT2D eigenvalue weighted by molar-refractivity contribution is 0.0682. The Kier molecular flexibility index (Phi) is 5.06. The van der Waals surface area contributed by atoms with E-state index in [0.717, 1.165) is 31.4 Å². The van der Waals surface area contributed by atoms with E-state index in [1.54, 1.807) is 13.2 Å². The summed E-state index contributed by atoms with van der Waals surface area (Å²) < 4.78 is 28.6. The standard InChI is InChI=1S/C13H19BrN2O3S/c1-19-10-4-2-9(3-5-10)16-13-7-6-11(8-12(13)14)20(15,17)18/h6-10,16H,2-5H2,1H3,(H2,15,17,18). The van der Waals surface area contributed by atoms with Crippen LogP contribution in [0.3, 0.4) is 0 Å². The van der Waals surface area contributed by atoms with E-state index in [9.17, 15) is 8.42 Å². The average molecular weight is 363 g/mol. The Bertz CT molecular complexity index is 569. The molecule has 1 fully saturated rings. The SMILES string of the molecule is COC1CCC(Nc2ccc(S(N)(=O)=O)cc2Br)CC1. The number of nitrogens with two attached hydrogens (primary N) is 1. The van der Waals surface area contributed by atoms with Crippen molar-refractivity contribution in [2.75, 3.05) is 12.4 Å². The van der Waals surface area contributed by atoms with Gasteiger partial charge >= 0.3 is 0 Å². The minimum Gasteiger partial charge on any atom is -0.381 e. The number of hydrogen-bond donors (Lipinski definition) is 2. The first-order valence-corrected chi connectivity index (χ1v) is 8.86. The van der Waals surface area contributed by atoms with Gasteiger partial charge in [0.15, 0.2) is 0 Å². The van der Waals surface area contributed by atoms with Gasteiger partial charge in [0.25, 0.3) is 0 Å². The Morgan fingerprint density at radius 3 is 2.45 bits per heavy atom. The number of nitrogens with one attached hydrogen (secondary N) is 1. The number of sulfonamides is 1. The number of halogens is 1. The van der Waals surface area contributed by atoms with Crippen LogP contribution in [0.5, 0.6) is 0 Å². The Morgan fingerprint density at radius 2 is 1.95 bits per heavy atom. The Hall–Kier alpha value is -0.630. The molecular weight excluding hydrogens is 344 g/mol. The first kappa shape index (κ1) is 15.8. The Labute approximate surface area is 128 Å². The number of methoxy groups -OCH3 is 1. The molecule has 112 valence electrons. The molecular formula is C13H19BrN2O3S. The summed E-state index contributed by atoms with van der Waals surface area (Å²) in [5, 5.41) is 8.54. The van der Waals surface area contributed by atoms with Gasteiger partial charge in [-0.05, 0) is 59.8 Å². The van der Waals surface area contributed by atoms with E-state index in [1.165, 1.54) is 12.1 Å². The van der Waals surface area contributed by atoms with Crippen molar-refractivity contribution < 1.29 is 13.2 Å². The van der Waals surface area contributed by atoms with Crippen molar-refractivity contribution in [1.29, 1.82) is 0 Å². The molecule has 1 aromatic carbocycles. The molecule has 0 spiro atoms. The fourth-order valence-corrected chi connectivity index (χ4v) is 3.64. The van der Waals surface area contributed by atoms with Gasteiger partial charge in [0.2, 0.25) is 10.0 Å². The predicted octanol–water partition coefficient (Wildman–Crippen LogP) is 2.47. The molecule has 1 aromatic rings. The molecule has 2 rings (SSSR count). The smallest absolute Gasteiger partial charge is 0.238 e. The molecule has 20 heavy (non-hydrogen) atoms. The van der Waals surface area contributed by atoms with Crippen molar-refractivity contribution in [3.63, 3.8) is 0 Å². The van der Waals surface area contributed by atoms with E-state index >= 15 is 0 Å². The van der Waals surface area contributed by atoms with Crippen LogP contribution in [-0.4, -0.2) is 27.7 Å². The molecule has 0 bridgehead atoms. The molecule has 0 aromatic heterocycles. The van der Waals surface area contributed by atoms with Gasteiger partial charge in [-0.15, -0.1) is 0 Å². The van der Waals surface area contributed by atoms with Crippen LogP contribution in [-0.2, 0) is 14.8 Å². The number of benzene rings is 1. The third-order valence-corrected chi connectivity index (χ3v) is 5.20. The number of anilines is 1. The van der Waals surface area contributed by atoms with Crippen LogP contribution in [0.4, 0.5) is 5.69 Å². The van der Waals surface area contributed by atoms with E-state index in [0.29, 0.717) is 16.6 Å². The molecule has 5 nitrogen and oxygen atoms in total. The molecule has 0 amide bonds. The summed E-state index contributed by atoms with van der Waals surface area (Å²) in [7, 11) is -1.91. The zero-order valence-corrected chi connectivity index (χ0v) is 13.7. The van der Waals surface area contributed by atoms with Crippen molar-refractivity contribution in [3.8, 4) is 0 Å². The molecule has 0 aliphatic heterocycles. The van der Waals surface area contributed by atoms with Gasteiger partial charge in [-0.25, -0.2) is 13.6 Å². The van der Waals surface area contributed by atoms with E-state index in [2.05, 4.69) is 21.2 Å². The number of rotatable bonds is 4. The minimum absolute atomic E-state index is 0.109. The van der Waals surface area contributed by atoms with Crippen molar-refractivity contribution in [3.05, 3.63) is 22.7 Å². The quantitative estimate of drug-likeness (QED) is 0.861. The highest BCUT2D eigenvalue weighted by Gasteiger charge is 2.21. The van der Waals surface area contributed by atoms with Gasteiger partial charge in [-0.1, -0.05) is 0 Å². The molecule has 7 heteroatoms. The molecule has 1 aliphatic carbocycles. The van der Waals surface area contributed by atoms with E-state index < -0.39 is 10.0 Å². The Morgan fingerprint density at radius 1 is 1.30 bits per heavy atom. The lowest BCUT2D eigenvalue weighted by Crippen LogP contribution is -2.29. The normalized spacial score (nSPS) is 23.6. The summed E-state index contributed by atoms with van der Waals surface area (Å²) in [6, 6.07) is 5.17. The second-order valence-electron chi connectivity index (χ2n) is 5.04. The maximum atomic E-state index is 11.3. The number of hydrogen-bond acceptors (Lipinski definition) is 4. The third kappa shape index (κ3) is 3.94. The van der Waals surface area contributed by atoms with E-state index in [-0.39, 0.29) is 4.90 Å². The van der Waals surface area contributed by atoms with Gasteiger partial charge in [-0.2, -0.15) is 0 Å². The summed E-state index contributed by atoms with van der Waals surface area (Å²) in [4.78, 5) is 0.109. The molecule has 1 aliphatic rings. The number of ether oxygens (including phenoxy) is 1. The zero-order chi connectivity index (χ0) is 14.8. The molecule has 0 unspecified atom stereocenters. The van der Waals surface area contributed by atoms with Crippen LogP contribution in [0.25, 0.3) is 0 Å². The second-order valence-corrected chi connectivity index (χ2v) is 7.46. The van der Waals surface area contributed by atoms with Crippen molar-refractivity contribution in [2.45, 2.75) is 42.7 Å². The van der Waals surface area contributed by atoms with Crippen LogP contribution >= 0.6 is 15.9 Å². The van der Waals surface area contributed by atoms with Gasteiger partial charge in [0, 0.05) is 23.3 Å². The Balaban J connectivity index is 2.04. The van der Waals surface area contributed by atoms with E-state index in [1.807, 2.05) is 0 Å². The molecule has 0 heterocycles. The average Bonchev–Trinajstić information content (AvgIpc) is 2.41. The fraction of sp³-hybridized carbons (Fsp3) is 0.538. The minimum atomic E-state index is -3.66. The maximum Gasteiger partial charge on any atom is 0.238 e. The molecule has 0 radical (unpaired) electrons. The van der Waals surface area contributed by atoms with Crippen LogP contribution in [0.2, 0.25) is 0 Å². The molecule has 0 saturated heterocycles. The molecule has 0 atom stereocenters. The topological polar surface area (TPSA) is 81.4 Å². The highest BCUT2D eigenvalue weighted by molar-refractivity contribution is 9.10. The second kappa shape index (κ2) is 6.43. The van der Waals surface area contributed by atoms with Gasteiger partial charge in [0.05, 0.1) is 11.0 Å². The predicted molar refractivity (Wildman–Crippen MR) is 82.2 cm³/mol.